The Morgan fingerprint density at radius 3 is 2.56 bits per heavy atom. The van der Waals surface area contributed by atoms with E-state index in [1.54, 1.807) is 0 Å². The number of carbonyl (C=O) groups excluding carboxylic acids is 1. The van der Waals surface area contributed by atoms with Gasteiger partial charge in [0, 0.05) is 31.6 Å². The first kappa shape index (κ1) is 17.0. The molecule has 1 saturated carbocycles. The van der Waals surface area contributed by atoms with Gasteiger partial charge in [-0.2, -0.15) is 0 Å². The highest BCUT2D eigenvalue weighted by molar-refractivity contribution is 5.79. The third-order valence-corrected chi connectivity index (χ3v) is 6.04. The third kappa shape index (κ3) is 4.05. The Bertz CT molecular complexity index is 583. The normalized spacial score (nSPS) is 30.6. The highest BCUT2D eigenvalue weighted by Crippen LogP contribution is 2.35. The molecule has 3 atom stereocenters. The van der Waals surface area contributed by atoms with Crippen molar-refractivity contribution in [3.05, 3.63) is 35.4 Å². The van der Waals surface area contributed by atoms with E-state index in [4.69, 9.17) is 4.74 Å². The molecule has 2 saturated heterocycles. The van der Waals surface area contributed by atoms with E-state index in [-0.39, 0.29) is 11.8 Å². The van der Waals surface area contributed by atoms with Crippen LogP contribution in [-0.4, -0.2) is 43.2 Å². The van der Waals surface area contributed by atoms with Crippen LogP contribution in [0.4, 0.5) is 0 Å². The predicted molar refractivity (Wildman–Crippen MR) is 96.8 cm³/mol. The second-order valence-corrected chi connectivity index (χ2v) is 7.70. The Hall–Kier alpha value is -1.43. The number of fused-ring (bicyclic) bond motifs is 1. The van der Waals surface area contributed by atoms with Crippen LogP contribution >= 0.6 is 0 Å². The van der Waals surface area contributed by atoms with Gasteiger partial charge in [-0.3, -0.25) is 15.1 Å². The zero-order chi connectivity index (χ0) is 17.1. The molecule has 5 nitrogen and oxygen atoms in total. The van der Waals surface area contributed by atoms with Crippen LogP contribution < -0.4 is 10.9 Å². The van der Waals surface area contributed by atoms with Crippen LogP contribution in [0.3, 0.4) is 0 Å². The van der Waals surface area contributed by atoms with Gasteiger partial charge < -0.3 is 4.74 Å². The van der Waals surface area contributed by atoms with E-state index < -0.39 is 0 Å². The van der Waals surface area contributed by atoms with Crippen molar-refractivity contribution in [3.63, 3.8) is 0 Å². The summed E-state index contributed by atoms with van der Waals surface area (Å²) < 4.78 is 5.41. The van der Waals surface area contributed by atoms with Gasteiger partial charge in [-0.1, -0.05) is 37.1 Å². The lowest BCUT2D eigenvalue weighted by Gasteiger charge is -2.41. The summed E-state index contributed by atoms with van der Waals surface area (Å²) >= 11 is 0. The molecule has 0 aromatic heterocycles. The van der Waals surface area contributed by atoms with Crippen LogP contribution in [0.1, 0.15) is 36.8 Å². The van der Waals surface area contributed by atoms with E-state index in [0.717, 1.165) is 45.7 Å². The summed E-state index contributed by atoms with van der Waals surface area (Å²) in [6.45, 7) is 4.75. The molecule has 0 spiro atoms. The molecule has 1 aromatic rings. The predicted octanol–water partition coefficient (Wildman–Crippen LogP) is 1.87. The molecule has 0 radical (unpaired) electrons. The van der Waals surface area contributed by atoms with Gasteiger partial charge in [0.05, 0.1) is 13.2 Å². The lowest BCUT2D eigenvalue weighted by Crippen LogP contribution is -2.60. The minimum atomic E-state index is 0.196. The van der Waals surface area contributed by atoms with Crippen LogP contribution in [0.2, 0.25) is 0 Å². The zero-order valence-corrected chi connectivity index (χ0v) is 14.9. The van der Waals surface area contributed by atoms with E-state index in [1.165, 1.54) is 30.4 Å². The lowest BCUT2D eigenvalue weighted by atomic mass is 9.72. The molecule has 25 heavy (non-hydrogen) atoms. The van der Waals surface area contributed by atoms with Crippen molar-refractivity contribution in [2.75, 3.05) is 26.3 Å². The van der Waals surface area contributed by atoms with Crippen molar-refractivity contribution in [2.45, 2.75) is 44.7 Å². The van der Waals surface area contributed by atoms with Crippen molar-refractivity contribution in [2.24, 2.45) is 11.8 Å². The summed E-state index contributed by atoms with van der Waals surface area (Å²) in [4.78, 5) is 14.5. The summed E-state index contributed by atoms with van der Waals surface area (Å²) in [5.41, 5.74) is 8.90. The average molecular weight is 343 g/mol. The van der Waals surface area contributed by atoms with Gasteiger partial charge in [-0.15, -0.1) is 0 Å². The first-order valence-corrected chi connectivity index (χ1v) is 9.73. The Labute approximate surface area is 150 Å². The van der Waals surface area contributed by atoms with E-state index in [2.05, 4.69) is 40.0 Å². The average Bonchev–Trinajstić information content (AvgIpc) is 2.67. The number of amides is 1. The first-order chi connectivity index (χ1) is 12.3. The lowest BCUT2D eigenvalue weighted by molar-refractivity contribution is -0.133. The van der Waals surface area contributed by atoms with Crippen molar-refractivity contribution in [1.82, 2.24) is 15.8 Å². The Morgan fingerprint density at radius 1 is 1.04 bits per heavy atom. The monoisotopic (exact) mass is 343 g/mol. The van der Waals surface area contributed by atoms with Crippen LogP contribution in [0.15, 0.2) is 24.3 Å². The number of carbonyl (C=O) groups is 1. The minimum absolute atomic E-state index is 0.196. The molecule has 0 bridgehead atoms. The minimum Gasteiger partial charge on any atom is -0.379 e. The maximum atomic E-state index is 12.1. The molecule has 3 unspecified atom stereocenters. The molecule has 4 rings (SSSR count). The fourth-order valence-corrected chi connectivity index (χ4v) is 4.58. The topological polar surface area (TPSA) is 53.6 Å². The number of hydrogen-bond acceptors (Lipinski definition) is 4. The first-order valence-electron chi connectivity index (χ1n) is 9.73. The fraction of sp³-hybridized carbons (Fsp3) is 0.650. The van der Waals surface area contributed by atoms with E-state index in [0.29, 0.717) is 12.0 Å². The zero-order valence-electron chi connectivity index (χ0n) is 14.9. The number of ether oxygens (including phenoxy) is 1. The highest BCUT2D eigenvalue weighted by Gasteiger charge is 2.39. The Kier molecular flexibility index (Phi) is 5.34. The van der Waals surface area contributed by atoms with Crippen LogP contribution in [0.25, 0.3) is 0 Å². The van der Waals surface area contributed by atoms with Crippen LogP contribution in [0.5, 0.6) is 0 Å². The number of hydrazine groups is 1. The molecule has 3 aliphatic rings. The molecule has 1 aromatic carbocycles. The summed E-state index contributed by atoms with van der Waals surface area (Å²) in [6, 6.07) is 9.38. The molecule has 2 N–H and O–H groups in total. The van der Waals surface area contributed by atoms with Gasteiger partial charge >= 0.3 is 0 Å². The molecular formula is C20H29N3O2. The summed E-state index contributed by atoms with van der Waals surface area (Å²) in [6.07, 6.45) is 5.65. The summed E-state index contributed by atoms with van der Waals surface area (Å²) in [5, 5.41) is 0. The van der Waals surface area contributed by atoms with Gasteiger partial charge in [0.1, 0.15) is 0 Å². The van der Waals surface area contributed by atoms with Gasteiger partial charge in [-0.05, 0) is 36.3 Å². The van der Waals surface area contributed by atoms with E-state index in [1.807, 2.05) is 0 Å². The van der Waals surface area contributed by atoms with Gasteiger partial charge in [-0.25, -0.2) is 5.43 Å². The van der Waals surface area contributed by atoms with E-state index >= 15 is 0 Å². The third-order valence-electron chi connectivity index (χ3n) is 6.04. The standard InChI is InChI=1S/C20H29N3O2/c24-20-18-4-2-1-3-17(18)19(21-22-20)13-15-5-7-16(8-6-15)14-23-9-11-25-12-10-23/h5-8,17-19,21H,1-4,9-14H2,(H,22,24). The van der Waals surface area contributed by atoms with Crippen molar-refractivity contribution in [3.8, 4) is 0 Å². The molecule has 3 fully saturated rings. The van der Waals surface area contributed by atoms with Gasteiger partial charge in [0.15, 0.2) is 0 Å². The number of rotatable bonds is 4. The molecule has 5 heteroatoms. The second-order valence-electron chi connectivity index (χ2n) is 7.70. The number of nitrogens with zero attached hydrogens (tertiary/aromatic N) is 1. The molecule has 2 heterocycles. The van der Waals surface area contributed by atoms with Crippen molar-refractivity contribution in [1.29, 1.82) is 0 Å². The summed E-state index contributed by atoms with van der Waals surface area (Å²) in [5.74, 6) is 0.887. The number of nitrogens with one attached hydrogen (secondary N) is 2. The molecule has 2 aliphatic heterocycles. The Balaban J connectivity index is 1.36. The Morgan fingerprint density at radius 2 is 1.76 bits per heavy atom. The number of morpholine rings is 1. The smallest absolute Gasteiger partial charge is 0.237 e. The molecule has 1 amide bonds. The van der Waals surface area contributed by atoms with Gasteiger partial charge in [0.2, 0.25) is 5.91 Å². The molecular weight excluding hydrogens is 314 g/mol. The van der Waals surface area contributed by atoms with Gasteiger partial charge in [0.25, 0.3) is 0 Å². The SMILES string of the molecule is O=C1NNC(Cc2ccc(CN3CCOCC3)cc2)C2CCCCC12. The second kappa shape index (κ2) is 7.85. The number of benzene rings is 1. The van der Waals surface area contributed by atoms with Crippen molar-refractivity contribution >= 4 is 5.91 Å². The highest BCUT2D eigenvalue weighted by atomic mass is 16.5. The largest absolute Gasteiger partial charge is 0.379 e. The van der Waals surface area contributed by atoms with Crippen LogP contribution in [-0.2, 0) is 22.5 Å². The fourth-order valence-electron chi connectivity index (χ4n) is 4.58. The maximum absolute atomic E-state index is 12.1. The molecule has 136 valence electrons. The van der Waals surface area contributed by atoms with E-state index in [9.17, 15) is 4.79 Å². The number of hydrogen-bond donors (Lipinski definition) is 2. The maximum Gasteiger partial charge on any atom is 0.237 e. The van der Waals surface area contributed by atoms with Crippen LogP contribution in [0, 0.1) is 11.8 Å². The molecule has 1 aliphatic carbocycles. The summed E-state index contributed by atoms with van der Waals surface area (Å²) in [7, 11) is 0. The quantitative estimate of drug-likeness (QED) is 0.876. The van der Waals surface area contributed by atoms with Crippen molar-refractivity contribution < 1.29 is 9.53 Å².